The second kappa shape index (κ2) is 7.81. The third-order valence-corrected chi connectivity index (χ3v) is 5.25. The van der Waals surface area contributed by atoms with Gasteiger partial charge in [-0.15, -0.1) is 11.3 Å². The van der Waals surface area contributed by atoms with Crippen molar-refractivity contribution in [2.24, 2.45) is 0 Å². The molecule has 2 aromatic heterocycles. The quantitative estimate of drug-likeness (QED) is 0.486. The van der Waals surface area contributed by atoms with Crippen LogP contribution in [0.25, 0.3) is 22.3 Å². The summed E-state index contributed by atoms with van der Waals surface area (Å²) in [5.41, 5.74) is 1.43. The van der Waals surface area contributed by atoms with E-state index in [0.717, 1.165) is 11.1 Å². The average Bonchev–Trinajstić information content (AvgIpc) is 3.21. The Balaban J connectivity index is 1.64. The molecule has 0 saturated heterocycles. The molecule has 0 aliphatic heterocycles. The van der Waals surface area contributed by atoms with Gasteiger partial charge in [-0.2, -0.15) is 0 Å². The summed E-state index contributed by atoms with van der Waals surface area (Å²) in [6.45, 7) is 0.182. The van der Waals surface area contributed by atoms with E-state index in [4.69, 9.17) is 13.9 Å². The number of fused-ring (bicyclic) bond motifs is 1. The van der Waals surface area contributed by atoms with Crippen molar-refractivity contribution in [2.45, 2.75) is 6.61 Å². The number of phenolic OH excluding ortho intramolecular Hbond substituents is 1. The lowest BCUT2D eigenvalue weighted by Gasteiger charge is -2.09. The predicted octanol–water partition coefficient (Wildman–Crippen LogP) is 4.59. The van der Waals surface area contributed by atoms with Gasteiger partial charge in [0.2, 0.25) is 0 Å². The number of carbonyl (C=O) groups excluding carboxylic acids is 1. The average molecular weight is 408 g/mol. The fraction of sp³-hybridized carbons (Fsp3) is 0.0909. The molecule has 0 radical (unpaired) electrons. The van der Waals surface area contributed by atoms with E-state index in [9.17, 15) is 14.7 Å². The molecular formula is C22H16O6S. The summed E-state index contributed by atoms with van der Waals surface area (Å²) in [6.07, 6.45) is 0. The van der Waals surface area contributed by atoms with Crippen LogP contribution in [0, 0.1) is 0 Å². The molecule has 2 heterocycles. The molecule has 7 heteroatoms. The molecule has 0 fully saturated rings. The lowest BCUT2D eigenvalue weighted by molar-refractivity contribution is 0.0606. The van der Waals surface area contributed by atoms with Crippen LogP contribution in [-0.2, 0) is 11.3 Å². The second-order valence-corrected chi connectivity index (χ2v) is 7.17. The number of ether oxygens (including phenoxy) is 2. The Hall–Kier alpha value is -3.58. The Bertz CT molecular complexity index is 1240. The summed E-state index contributed by atoms with van der Waals surface area (Å²) >= 11 is 1.26. The van der Waals surface area contributed by atoms with E-state index in [1.807, 2.05) is 30.3 Å². The van der Waals surface area contributed by atoms with E-state index in [1.54, 1.807) is 17.5 Å². The molecule has 146 valence electrons. The van der Waals surface area contributed by atoms with Gasteiger partial charge in [0.05, 0.1) is 7.11 Å². The number of thiophene rings is 1. The number of aromatic hydroxyl groups is 1. The standard InChI is InChI=1S/C22H16O6S/c1-26-22(25)20-7-13(12-29-20)11-27-15-8-16(23)21-17(24)10-18(28-19(21)9-15)14-5-3-2-4-6-14/h2-10,12,23H,11H2,1H3. The van der Waals surface area contributed by atoms with Crippen molar-refractivity contribution in [3.63, 3.8) is 0 Å². The topological polar surface area (TPSA) is 86.0 Å². The van der Waals surface area contributed by atoms with Crippen LogP contribution >= 0.6 is 11.3 Å². The molecule has 0 spiro atoms. The summed E-state index contributed by atoms with van der Waals surface area (Å²) in [5, 5.41) is 12.2. The number of hydrogen-bond acceptors (Lipinski definition) is 7. The van der Waals surface area contributed by atoms with Gasteiger partial charge in [-0.25, -0.2) is 4.79 Å². The van der Waals surface area contributed by atoms with Gasteiger partial charge in [0.1, 0.15) is 39.7 Å². The SMILES string of the molecule is COC(=O)c1cc(COc2cc(O)c3c(=O)cc(-c4ccccc4)oc3c2)cs1. The van der Waals surface area contributed by atoms with Crippen LogP contribution < -0.4 is 10.2 Å². The molecule has 4 rings (SSSR count). The molecule has 0 saturated carbocycles. The normalized spacial score (nSPS) is 10.8. The minimum absolute atomic E-state index is 0.0977. The highest BCUT2D eigenvalue weighted by molar-refractivity contribution is 7.12. The Morgan fingerprint density at radius 3 is 2.69 bits per heavy atom. The molecule has 4 aromatic rings. The summed E-state index contributed by atoms with van der Waals surface area (Å²) < 4.78 is 16.3. The molecule has 0 atom stereocenters. The smallest absolute Gasteiger partial charge is 0.348 e. The van der Waals surface area contributed by atoms with E-state index in [-0.39, 0.29) is 28.8 Å². The zero-order valence-electron chi connectivity index (χ0n) is 15.4. The second-order valence-electron chi connectivity index (χ2n) is 6.26. The molecule has 6 nitrogen and oxygen atoms in total. The van der Waals surface area contributed by atoms with Crippen molar-refractivity contribution in [3.8, 4) is 22.8 Å². The molecule has 0 aliphatic rings. The van der Waals surface area contributed by atoms with Crippen molar-refractivity contribution >= 4 is 28.3 Å². The first-order valence-electron chi connectivity index (χ1n) is 8.70. The summed E-state index contributed by atoms with van der Waals surface area (Å²) in [6, 6.07) is 15.2. The largest absolute Gasteiger partial charge is 0.507 e. The highest BCUT2D eigenvalue weighted by Crippen LogP contribution is 2.31. The van der Waals surface area contributed by atoms with Crippen LogP contribution in [0.3, 0.4) is 0 Å². The molecule has 0 bridgehead atoms. The van der Waals surface area contributed by atoms with Gasteiger partial charge in [0.15, 0.2) is 5.43 Å². The number of carbonyl (C=O) groups is 1. The van der Waals surface area contributed by atoms with Crippen LogP contribution in [-0.4, -0.2) is 18.2 Å². The number of phenols is 1. The highest BCUT2D eigenvalue weighted by Gasteiger charge is 2.14. The first-order chi connectivity index (χ1) is 14.0. The van der Waals surface area contributed by atoms with Crippen molar-refractivity contribution in [3.05, 3.63) is 80.6 Å². The first-order valence-corrected chi connectivity index (χ1v) is 9.58. The Kier molecular flexibility index (Phi) is 5.05. The minimum atomic E-state index is -0.403. The third kappa shape index (κ3) is 3.86. The number of rotatable bonds is 5. The van der Waals surface area contributed by atoms with Gasteiger partial charge in [-0.3, -0.25) is 4.79 Å². The number of methoxy groups -OCH3 is 1. The van der Waals surface area contributed by atoms with Gasteiger partial charge in [-0.1, -0.05) is 30.3 Å². The van der Waals surface area contributed by atoms with Crippen LogP contribution in [0.15, 0.2) is 69.2 Å². The molecule has 2 aromatic carbocycles. The lowest BCUT2D eigenvalue weighted by Crippen LogP contribution is -2.02. The van der Waals surface area contributed by atoms with Crippen LogP contribution in [0.2, 0.25) is 0 Å². The van der Waals surface area contributed by atoms with Crippen LogP contribution in [0.5, 0.6) is 11.5 Å². The van der Waals surface area contributed by atoms with E-state index in [1.165, 1.54) is 30.6 Å². The van der Waals surface area contributed by atoms with Gasteiger partial charge in [-0.05, 0) is 11.4 Å². The summed E-state index contributed by atoms with van der Waals surface area (Å²) in [7, 11) is 1.33. The maximum absolute atomic E-state index is 12.5. The van der Waals surface area contributed by atoms with Gasteiger partial charge in [0.25, 0.3) is 0 Å². The number of hydrogen-bond donors (Lipinski definition) is 1. The van der Waals surface area contributed by atoms with E-state index < -0.39 is 5.97 Å². The van der Waals surface area contributed by atoms with Gasteiger partial charge < -0.3 is 19.0 Å². The predicted molar refractivity (Wildman–Crippen MR) is 110 cm³/mol. The molecule has 0 unspecified atom stereocenters. The minimum Gasteiger partial charge on any atom is -0.507 e. The third-order valence-electron chi connectivity index (χ3n) is 4.29. The Morgan fingerprint density at radius 1 is 1.14 bits per heavy atom. The maximum atomic E-state index is 12.5. The van der Waals surface area contributed by atoms with Crippen molar-refractivity contribution in [1.82, 2.24) is 0 Å². The summed E-state index contributed by atoms with van der Waals surface area (Å²) in [5.74, 6) is 0.126. The van der Waals surface area contributed by atoms with Crippen molar-refractivity contribution in [2.75, 3.05) is 7.11 Å². The lowest BCUT2D eigenvalue weighted by atomic mass is 10.1. The molecular weight excluding hydrogens is 392 g/mol. The highest BCUT2D eigenvalue weighted by atomic mass is 32.1. The fourth-order valence-corrected chi connectivity index (χ4v) is 3.71. The maximum Gasteiger partial charge on any atom is 0.348 e. The number of benzene rings is 2. The van der Waals surface area contributed by atoms with Crippen molar-refractivity contribution < 1.29 is 23.8 Å². The van der Waals surface area contributed by atoms with E-state index >= 15 is 0 Å². The van der Waals surface area contributed by atoms with E-state index in [2.05, 4.69) is 0 Å². The van der Waals surface area contributed by atoms with Gasteiger partial charge >= 0.3 is 5.97 Å². The molecule has 29 heavy (non-hydrogen) atoms. The van der Waals surface area contributed by atoms with Crippen LogP contribution in [0.1, 0.15) is 15.2 Å². The van der Waals surface area contributed by atoms with Crippen molar-refractivity contribution in [1.29, 1.82) is 0 Å². The Labute approximate surface area is 169 Å². The zero-order valence-corrected chi connectivity index (χ0v) is 16.2. The fourth-order valence-electron chi connectivity index (χ4n) is 2.90. The van der Waals surface area contributed by atoms with Crippen LogP contribution in [0.4, 0.5) is 0 Å². The Morgan fingerprint density at radius 2 is 1.93 bits per heavy atom. The molecule has 0 amide bonds. The molecule has 0 aliphatic carbocycles. The van der Waals surface area contributed by atoms with E-state index in [0.29, 0.717) is 16.4 Å². The first kappa shape index (κ1) is 18.8. The zero-order chi connectivity index (χ0) is 20.4. The van der Waals surface area contributed by atoms with Gasteiger partial charge in [0, 0.05) is 29.3 Å². The monoisotopic (exact) mass is 408 g/mol. The number of esters is 1. The molecule has 1 N–H and O–H groups in total. The summed E-state index contributed by atoms with van der Waals surface area (Å²) in [4.78, 5) is 24.5.